The molecular weight excluding hydrogens is 221 g/mol. The van der Waals surface area contributed by atoms with Crippen LogP contribution >= 0.6 is 0 Å². The Labute approximate surface area is 101 Å². The molecule has 0 bridgehead atoms. The number of likely N-dealkylation sites (N-methyl/N-ethyl adjacent to an activating group) is 1. The summed E-state index contributed by atoms with van der Waals surface area (Å²) < 4.78 is 18.3. The number of carbonyl (C=O) groups excluding carboxylic acids is 1. The third-order valence-corrected chi connectivity index (χ3v) is 2.67. The van der Waals surface area contributed by atoms with Gasteiger partial charge in [0.05, 0.1) is 0 Å². The van der Waals surface area contributed by atoms with Crippen LogP contribution in [0.25, 0.3) is 0 Å². The predicted molar refractivity (Wildman–Crippen MR) is 64.5 cm³/mol. The van der Waals surface area contributed by atoms with Crippen LogP contribution in [0.15, 0.2) is 18.2 Å². The summed E-state index contributed by atoms with van der Waals surface area (Å²) in [7, 11) is 1.72. The van der Waals surface area contributed by atoms with Crippen molar-refractivity contribution in [2.45, 2.75) is 26.8 Å². The minimum atomic E-state index is -0.365. The molecule has 1 aromatic carbocycles. The standard InChI is InChI=1S/C13H18FNO2/c1-9(2)15(4)13(16)8-17-12-7-11(14)6-5-10(12)3/h5-7,9H,8H2,1-4H3. The summed E-state index contributed by atoms with van der Waals surface area (Å²) in [6, 6.07) is 4.41. The molecule has 0 saturated carbocycles. The van der Waals surface area contributed by atoms with Crippen LogP contribution in [0.5, 0.6) is 5.75 Å². The summed E-state index contributed by atoms with van der Waals surface area (Å²) in [5.41, 5.74) is 0.811. The zero-order chi connectivity index (χ0) is 13.0. The first-order chi connectivity index (χ1) is 7.91. The topological polar surface area (TPSA) is 29.5 Å². The van der Waals surface area contributed by atoms with Crippen LogP contribution < -0.4 is 4.74 Å². The molecule has 1 amide bonds. The van der Waals surface area contributed by atoms with E-state index in [2.05, 4.69) is 0 Å². The number of carbonyl (C=O) groups is 1. The van der Waals surface area contributed by atoms with Crippen molar-refractivity contribution in [2.75, 3.05) is 13.7 Å². The fraction of sp³-hybridized carbons (Fsp3) is 0.462. The Balaban J connectivity index is 2.61. The molecule has 1 aromatic rings. The SMILES string of the molecule is Cc1ccc(F)cc1OCC(=O)N(C)C(C)C. The number of nitrogens with zero attached hydrogens (tertiary/aromatic N) is 1. The lowest BCUT2D eigenvalue weighted by atomic mass is 10.2. The van der Waals surface area contributed by atoms with Crippen molar-refractivity contribution in [1.29, 1.82) is 0 Å². The maximum absolute atomic E-state index is 13.0. The molecule has 0 atom stereocenters. The molecule has 0 unspecified atom stereocenters. The first-order valence-electron chi connectivity index (χ1n) is 5.56. The molecule has 3 nitrogen and oxygen atoms in total. The van der Waals surface area contributed by atoms with Gasteiger partial charge in [-0.25, -0.2) is 4.39 Å². The van der Waals surface area contributed by atoms with Crippen molar-refractivity contribution in [3.8, 4) is 5.75 Å². The Morgan fingerprint density at radius 1 is 1.47 bits per heavy atom. The molecule has 1 rings (SSSR count). The molecule has 4 heteroatoms. The van der Waals surface area contributed by atoms with Crippen molar-refractivity contribution >= 4 is 5.91 Å². The molecule has 0 aromatic heterocycles. The van der Waals surface area contributed by atoms with E-state index in [9.17, 15) is 9.18 Å². The Kier molecular flexibility index (Phi) is 4.49. The molecule has 0 radical (unpaired) electrons. The summed E-state index contributed by atoms with van der Waals surface area (Å²) in [5.74, 6) is -0.0746. The molecule has 0 aliphatic heterocycles. The van der Waals surface area contributed by atoms with E-state index in [0.29, 0.717) is 5.75 Å². The maximum Gasteiger partial charge on any atom is 0.260 e. The highest BCUT2D eigenvalue weighted by Crippen LogP contribution is 2.18. The lowest BCUT2D eigenvalue weighted by Crippen LogP contribution is -2.36. The third-order valence-electron chi connectivity index (χ3n) is 2.67. The fourth-order valence-corrected chi connectivity index (χ4v) is 1.26. The lowest BCUT2D eigenvalue weighted by molar-refractivity contribution is -0.133. The first-order valence-corrected chi connectivity index (χ1v) is 5.56. The smallest absolute Gasteiger partial charge is 0.260 e. The van der Waals surface area contributed by atoms with Gasteiger partial charge in [0.25, 0.3) is 5.91 Å². The highest BCUT2D eigenvalue weighted by molar-refractivity contribution is 5.77. The summed E-state index contributed by atoms with van der Waals surface area (Å²) in [6.07, 6.45) is 0. The van der Waals surface area contributed by atoms with E-state index < -0.39 is 0 Å². The molecule has 0 heterocycles. The average Bonchev–Trinajstić information content (AvgIpc) is 2.28. The van der Waals surface area contributed by atoms with Gasteiger partial charge in [0.1, 0.15) is 11.6 Å². The molecule has 17 heavy (non-hydrogen) atoms. The summed E-state index contributed by atoms with van der Waals surface area (Å²) in [5, 5.41) is 0. The van der Waals surface area contributed by atoms with Gasteiger partial charge in [-0.15, -0.1) is 0 Å². The lowest BCUT2D eigenvalue weighted by Gasteiger charge is -2.21. The van der Waals surface area contributed by atoms with E-state index >= 15 is 0 Å². The molecule has 0 fully saturated rings. The van der Waals surface area contributed by atoms with Crippen LogP contribution in [-0.4, -0.2) is 30.5 Å². The largest absolute Gasteiger partial charge is 0.483 e. The number of rotatable bonds is 4. The number of halogens is 1. The average molecular weight is 239 g/mol. The zero-order valence-electron chi connectivity index (χ0n) is 10.7. The fourth-order valence-electron chi connectivity index (χ4n) is 1.26. The van der Waals surface area contributed by atoms with Gasteiger partial charge in [-0.2, -0.15) is 0 Å². The van der Waals surface area contributed by atoms with E-state index in [1.54, 1.807) is 18.0 Å². The Hall–Kier alpha value is -1.58. The number of hydrogen-bond donors (Lipinski definition) is 0. The number of ether oxygens (including phenoxy) is 1. The van der Waals surface area contributed by atoms with Gasteiger partial charge >= 0.3 is 0 Å². The van der Waals surface area contributed by atoms with E-state index in [1.807, 2.05) is 20.8 Å². The van der Waals surface area contributed by atoms with E-state index in [4.69, 9.17) is 4.74 Å². The van der Waals surface area contributed by atoms with Crippen molar-refractivity contribution < 1.29 is 13.9 Å². The van der Waals surface area contributed by atoms with Crippen LogP contribution in [0.4, 0.5) is 4.39 Å². The van der Waals surface area contributed by atoms with Crippen LogP contribution in [-0.2, 0) is 4.79 Å². The van der Waals surface area contributed by atoms with Gasteiger partial charge in [0, 0.05) is 19.2 Å². The normalized spacial score (nSPS) is 10.5. The molecule has 94 valence electrons. The van der Waals surface area contributed by atoms with E-state index in [1.165, 1.54) is 12.1 Å². The van der Waals surface area contributed by atoms with Crippen molar-refractivity contribution in [3.63, 3.8) is 0 Å². The molecule has 0 N–H and O–H groups in total. The molecule has 0 aliphatic rings. The maximum atomic E-state index is 13.0. The molecular formula is C13H18FNO2. The van der Waals surface area contributed by atoms with Gasteiger partial charge in [0.2, 0.25) is 0 Å². The third kappa shape index (κ3) is 3.73. The van der Waals surface area contributed by atoms with E-state index in [-0.39, 0.29) is 24.4 Å². The Morgan fingerprint density at radius 2 is 2.12 bits per heavy atom. The minimum absolute atomic E-state index is 0.0705. The molecule has 0 spiro atoms. The van der Waals surface area contributed by atoms with Gasteiger partial charge in [-0.05, 0) is 32.4 Å². The first kappa shape index (κ1) is 13.5. The number of amides is 1. The van der Waals surface area contributed by atoms with Gasteiger partial charge in [-0.3, -0.25) is 4.79 Å². The second-order valence-electron chi connectivity index (χ2n) is 4.30. The zero-order valence-corrected chi connectivity index (χ0v) is 10.7. The number of aryl methyl sites for hydroxylation is 1. The molecule has 0 aliphatic carbocycles. The number of hydrogen-bond acceptors (Lipinski definition) is 2. The van der Waals surface area contributed by atoms with Gasteiger partial charge in [0.15, 0.2) is 6.61 Å². The number of benzene rings is 1. The van der Waals surface area contributed by atoms with Crippen molar-refractivity contribution in [3.05, 3.63) is 29.6 Å². The highest BCUT2D eigenvalue weighted by Gasteiger charge is 2.13. The van der Waals surface area contributed by atoms with Crippen molar-refractivity contribution in [2.24, 2.45) is 0 Å². The Bertz CT molecular complexity index is 404. The van der Waals surface area contributed by atoms with Gasteiger partial charge in [-0.1, -0.05) is 6.07 Å². The Morgan fingerprint density at radius 3 is 2.71 bits per heavy atom. The highest BCUT2D eigenvalue weighted by atomic mass is 19.1. The van der Waals surface area contributed by atoms with Gasteiger partial charge < -0.3 is 9.64 Å². The van der Waals surface area contributed by atoms with Crippen LogP contribution in [0.2, 0.25) is 0 Å². The summed E-state index contributed by atoms with van der Waals surface area (Å²) >= 11 is 0. The quantitative estimate of drug-likeness (QED) is 0.807. The summed E-state index contributed by atoms with van der Waals surface area (Å²) in [4.78, 5) is 13.3. The van der Waals surface area contributed by atoms with Crippen LogP contribution in [0.3, 0.4) is 0 Å². The van der Waals surface area contributed by atoms with Crippen LogP contribution in [0.1, 0.15) is 19.4 Å². The second kappa shape index (κ2) is 5.66. The van der Waals surface area contributed by atoms with E-state index in [0.717, 1.165) is 5.56 Å². The predicted octanol–water partition coefficient (Wildman–Crippen LogP) is 2.38. The van der Waals surface area contributed by atoms with Crippen LogP contribution in [0, 0.1) is 12.7 Å². The van der Waals surface area contributed by atoms with Crippen molar-refractivity contribution in [1.82, 2.24) is 4.90 Å². The monoisotopic (exact) mass is 239 g/mol. The summed E-state index contributed by atoms with van der Waals surface area (Å²) in [6.45, 7) is 5.58. The minimum Gasteiger partial charge on any atom is -0.483 e. The molecule has 0 saturated heterocycles. The second-order valence-corrected chi connectivity index (χ2v) is 4.30.